The van der Waals surface area contributed by atoms with E-state index in [2.05, 4.69) is 0 Å². The summed E-state index contributed by atoms with van der Waals surface area (Å²) in [5.41, 5.74) is 0.200. The van der Waals surface area contributed by atoms with E-state index in [0.717, 1.165) is 0 Å². The highest BCUT2D eigenvalue weighted by atomic mass is 16.4. The van der Waals surface area contributed by atoms with Gasteiger partial charge >= 0.3 is 0 Å². The fourth-order valence-corrected chi connectivity index (χ4v) is 0.774. The van der Waals surface area contributed by atoms with Crippen molar-refractivity contribution in [2.75, 3.05) is 0 Å². The van der Waals surface area contributed by atoms with Crippen molar-refractivity contribution in [2.24, 2.45) is 0 Å². The molecule has 0 aliphatic heterocycles. The molecule has 0 aliphatic carbocycles. The number of hydrogen-bond donors (Lipinski definition) is 0. The van der Waals surface area contributed by atoms with Crippen LogP contribution in [-0.2, 0) is 4.79 Å². The van der Waals surface area contributed by atoms with Crippen LogP contribution >= 0.6 is 0 Å². The minimum atomic E-state index is -1.15. The molecule has 0 unspecified atom stereocenters. The average molecular weight is 163 g/mol. The topological polar surface area (TPSA) is 44.0 Å². The number of aromatic nitrogens is 1. The first-order chi connectivity index (χ1) is 5.70. The molecule has 0 aromatic carbocycles. The van der Waals surface area contributed by atoms with Gasteiger partial charge in [-0.05, 0) is 6.92 Å². The van der Waals surface area contributed by atoms with Crippen molar-refractivity contribution in [2.45, 2.75) is 6.92 Å². The van der Waals surface area contributed by atoms with Crippen molar-refractivity contribution >= 4 is 12.2 Å². The Morgan fingerprint density at radius 1 is 1.33 bits per heavy atom. The van der Waals surface area contributed by atoms with Gasteiger partial charge in [0.05, 0.1) is 5.97 Å². The molecule has 0 spiro atoms. The molecule has 0 bridgehead atoms. The number of rotatable bonds is 2. The van der Waals surface area contributed by atoms with Crippen LogP contribution in [-0.4, -0.2) is 5.97 Å². The highest BCUT2D eigenvalue weighted by molar-refractivity contribution is 5.86. The van der Waals surface area contributed by atoms with E-state index in [-0.39, 0.29) is 5.57 Å². The average Bonchev–Trinajstić information content (AvgIpc) is 2.06. The fourth-order valence-electron chi connectivity index (χ4n) is 0.774. The van der Waals surface area contributed by atoms with Gasteiger partial charge in [0, 0.05) is 17.7 Å². The lowest BCUT2D eigenvalue weighted by Crippen LogP contribution is -2.29. The minimum absolute atomic E-state index is 0.200. The second-order valence-corrected chi connectivity index (χ2v) is 2.42. The summed E-state index contributed by atoms with van der Waals surface area (Å²) in [5, 5.41) is 10.3. The van der Waals surface area contributed by atoms with Gasteiger partial charge < -0.3 is 9.90 Å². The lowest BCUT2D eigenvalue weighted by Gasteiger charge is -1.96. The molecule has 1 aromatic heterocycles. The van der Waals surface area contributed by atoms with E-state index in [0.29, 0.717) is 0 Å². The molecule has 1 heterocycles. The molecule has 0 aliphatic rings. The number of carboxylic acid groups (broad SMARTS) is 1. The summed E-state index contributed by atoms with van der Waals surface area (Å²) < 4.78 is 1.66. The largest absolute Gasteiger partial charge is 0.545 e. The number of aliphatic carboxylic acids is 1. The number of nitrogens with zero attached hydrogens (tertiary/aromatic N) is 1. The van der Waals surface area contributed by atoms with Gasteiger partial charge in [-0.25, -0.2) is 0 Å². The molecule has 1 aromatic rings. The summed E-state index contributed by atoms with van der Waals surface area (Å²) >= 11 is 0. The van der Waals surface area contributed by atoms with Gasteiger partial charge in [-0.3, -0.25) is 0 Å². The molecule has 12 heavy (non-hydrogen) atoms. The Balaban J connectivity index is 2.89. The molecule has 3 nitrogen and oxygen atoms in total. The molecule has 0 radical (unpaired) electrons. The van der Waals surface area contributed by atoms with E-state index in [4.69, 9.17) is 0 Å². The molecular weight excluding hydrogens is 154 g/mol. The van der Waals surface area contributed by atoms with Crippen LogP contribution in [0.5, 0.6) is 0 Å². The Hall–Kier alpha value is -1.64. The van der Waals surface area contributed by atoms with Gasteiger partial charge in [0.25, 0.3) is 0 Å². The van der Waals surface area contributed by atoms with Crippen molar-refractivity contribution in [3.05, 3.63) is 36.2 Å². The maximum Gasteiger partial charge on any atom is 0.179 e. The van der Waals surface area contributed by atoms with Crippen molar-refractivity contribution in [1.82, 2.24) is 0 Å². The SMILES string of the molecule is C/C(=C\[n+]1ccccc1)C(=O)[O-]. The maximum absolute atomic E-state index is 10.3. The lowest BCUT2D eigenvalue weighted by atomic mass is 10.3. The van der Waals surface area contributed by atoms with Crippen molar-refractivity contribution in [3.8, 4) is 0 Å². The molecule has 0 saturated carbocycles. The van der Waals surface area contributed by atoms with Crippen LogP contribution in [0.15, 0.2) is 36.2 Å². The van der Waals surface area contributed by atoms with Crippen LogP contribution in [0.1, 0.15) is 6.92 Å². The number of hydrogen-bond acceptors (Lipinski definition) is 2. The summed E-state index contributed by atoms with van der Waals surface area (Å²) in [4.78, 5) is 10.3. The van der Waals surface area contributed by atoms with Crippen molar-refractivity contribution in [3.63, 3.8) is 0 Å². The first kappa shape index (κ1) is 8.46. The van der Waals surface area contributed by atoms with Crippen molar-refractivity contribution < 1.29 is 14.5 Å². The summed E-state index contributed by atoms with van der Waals surface area (Å²) in [6, 6.07) is 5.50. The Labute approximate surface area is 70.6 Å². The van der Waals surface area contributed by atoms with Crippen LogP contribution in [0.25, 0.3) is 6.20 Å². The Kier molecular flexibility index (Phi) is 2.58. The van der Waals surface area contributed by atoms with Crippen LogP contribution in [0.4, 0.5) is 0 Å². The van der Waals surface area contributed by atoms with Gasteiger partial charge in [-0.1, -0.05) is 6.07 Å². The lowest BCUT2D eigenvalue weighted by molar-refractivity contribution is -0.568. The molecule has 1 rings (SSSR count). The monoisotopic (exact) mass is 163 g/mol. The minimum Gasteiger partial charge on any atom is -0.545 e. The van der Waals surface area contributed by atoms with Crippen molar-refractivity contribution in [1.29, 1.82) is 0 Å². The van der Waals surface area contributed by atoms with Crippen LogP contribution < -0.4 is 9.67 Å². The standard InChI is InChI=1S/C9H9NO2/c1-8(9(11)12)7-10-5-3-2-4-6-10/h2-7H,1H3/b8-7+. The number of carboxylic acids is 1. The third-order valence-electron chi connectivity index (χ3n) is 1.40. The third-order valence-corrected chi connectivity index (χ3v) is 1.40. The second-order valence-electron chi connectivity index (χ2n) is 2.42. The van der Waals surface area contributed by atoms with Crippen LogP contribution in [0.2, 0.25) is 0 Å². The van der Waals surface area contributed by atoms with E-state index in [1.165, 1.54) is 13.1 Å². The molecule has 62 valence electrons. The van der Waals surface area contributed by atoms with E-state index in [9.17, 15) is 9.90 Å². The van der Waals surface area contributed by atoms with Gasteiger partial charge in [0.1, 0.15) is 0 Å². The zero-order chi connectivity index (χ0) is 8.97. The first-order valence-electron chi connectivity index (χ1n) is 3.55. The predicted molar refractivity (Wildman–Crippen MR) is 41.6 cm³/mol. The molecule has 0 amide bonds. The summed E-state index contributed by atoms with van der Waals surface area (Å²) in [7, 11) is 0. The fraction of sp³-hybridized carbons (Fsp3) is 0.111. The third kappa shape index (κ3) is 2.20. The summed E-state index contributed by atoms with van der Waals surface area (Å²) in [6.07, 6.45) is 5.01. The smallest absolute Gasteiger partial charge is 0.179 e. The molecule has 0 atom stereocenters. The molecule has 0 N–H and O–H groups in total. The van der Waals surface area contributed by atoms with Gasteiger partial charge in [-0.2, -0.15) is 4.57 Å². The van der Waals surface area contributed by atoms with Gasteiger partial charge in [0.2, 0.25) is 0 Å². The molecular formula is C9H9NO2. The Morgan fingerprint density at radius 2 is 1.92 bits per heavy atom. The second kappa shape index (κ2) is 3.67. The normalized spacial score (nSPS) is 11.2. The molecule has 0 fully saturated rings. The zero-order valence-corrected chi connectivity index (χ0v) is 6.73. The van der Waals surface area contributed by atoms with E-state index >= 15 is 0 Å². The number of carbonyl (C=O) groups excluding carboxylic acids is 1. The van der Waals surface area contributed by atoms with Crippen LogP contribution in [0, 0.1) is 0 Å². The van der Waals surface area contributed by atoms with Gasteiger partial charge in [-0.15, -0.1) is 0 Å². The Morgan fingerprint density at radius 3 is 2.42 bits per heavy atom. The summed E-state index contributed by atoms with van der Waals surface area (Å²) in [6.45, 7) is 1.50. The molecule has 3 heteroatoms. The Bertz CT molecular complexity index is 304. The number of carbonyl (C=O) groups is 1. The first-order valence-corrected chi connectivity index (χ1v) is 3.55. The summed E-state index contributed by atoms with van der Waals surface area (Å²) in [5.74, 6) is -1.15. The number of pyridine rings is 1. The van der Waals surface area contributed by atoms with E-state index < -0.39 is 5.97 Å². The molecule has 0 saturated heterocycles. The van der Waals surface area contributed by atoms with E-state index in [1.807, 2.05) is 18.2 Å². The highest BCUT2D eigenvalue weighted by Gasteiger charge is 1.95. The zero-order valence-electron chi connectivity index (χ0n) is 6.73. The predicted octanol–water partition coefficient (Wildman–Crippen LogP) is -0.415. The quantitative estimate of drug-likeness (QED) is 0.439. The van der Waals surface area contributed by atoms with Gasteiger partial charge in [0.15, 0.2) is 18.6 Å². The van der Waals surface area contributed by atoms with Crippen LogP contribution in [0.3, 0.4) is 0 Å². The van der Waals surface area contributed by atoms with E-state index in [1.54, 1.807) is 17.0 Å². The highest BCUT2D eigenvalue weighted by Crippen LogP contribution is 1.87. The maximum atomic E-state index is 10.3.